The number of H-pyrrole nitrogens is 2. The van der Waals surface area contributed by atoms with Crippen LogP contribution in [-0.2, 0) is 4.79 Å². The van der Waals surface area contributed by atoms with Crippen molar-refractivity contribution in [3.63, 3.8) is 0 Å². The van der Waals surface area contributed by atoms with E-state index in [9.17, 15) is 4.79 Å². The molecule has 116 valence electrons. The number of benzene rings is 1. The lowest BCUT2D eigenvalue weighted by molar-refractivity contribution is -0.112. The number of aromatic amines is 2. The molecule has 0 fully saturated rings. The lowest BCUT2D eigenvalue weighted by Gasteiger charge is -2.08. The zero-order valence-corrected chi connectivity index (χ0v) is 13.1. The van der Waals surface area contributed by atoms with E-state index < -0.39 is 0 Å². The van der Waals surface area contributed by atoms with Gasteiger partial charge in [0.05, 0.1) is 35.1 Å². The van der Waals surface area contributed by atoms with E-state index >= 15 is 0 Å². The Bertz CT molecular complexity index is 964. The molecule has 1 aliphatic rings. The lowest BCUT2D eigenvalue weighted by Crippen LogP contribution is -2.20. The van der Waals surface area contributed by atoms with Gasteiger partial charge in [-0.05, 0) is 31.2 Å². The summed E-state index contributed by atoms with van der Waals surface area (Å²) in [5.41, 5.74) is 4.84. The highest BCUT2D eigenvalue weighted by Crippen LogP contribution is 2.41. The van der Waals surface area contributed by atoms with Crippen LogP contribution in [-0.4, -0.2) is 35.0 Å². The Morgan fingerprint density at radius 1 is 1.30 bits per heavy atom. The Morgan fingerprint density at radius 2 is 2.13 bits per heavy atom. The summed E-state index contributed by atoms with van der Waals surface area (Å²) in [6.45, 7) is 1.91. The summed E-state index contributed by atoms with van der Waals surface area (Å²) in [4.78, 5) is 25.2. The molecule has 3 aromatic rings. The first-order chi connectivity index (χ1) is 11.1. The van der Waals surface area contributed by atoms with E-state index in [1.807, 2.05) is 31.2 Å². The Hall–Kier alpha value is -3.02. The maximum absolute atomic E-state index is 12.7. The molecule has 1 aromatic carbocycles. The molecule has 4 rings (SSSR count). The number of methoxy groups -OCH3 is 1. The zero-order chi connectivity index (χ0) is 16.1. The SMILES string of the molecule is COc1cc[nH]c1/C=C1\C(=O)N(C)c2ccc3[nH]c(C)nc3c21. The van der Waals surface area contributed by atoms with Gasteiger partial charge in [-0.2, -0.15) is 0 Å². The number of imidazole rings is 1. The summed E-state index contributed by atoms with van der Waals surface area (Å²) >= 11 is 0. The maximum Gasteiger partial charge on any atom is 0.258 e. The van der Waals surface area contributed by atoms with Crippen molar-refractivity contribution < 1.29 is 9.53 Å². The van der Waals surface area contributed by atoms with Gasteiger partial charge in [0.2, 0.25) is 0 Å². The molecule has 0 radical (unpaired) electrons. The van der Waals surface area contributed by atoms with E-state index in [4.69, 9.17) is 4.74 Å². The Labute approximate surface area is 132 Å². The summed E-state index contributed by atoms with van der Waals surface area (Å²) in [5, 5.41) is 0. The van der Waals surface area contributed by atoms with E-state index in [1.165, 1.54) is 0 Å². The van der Waals surface area contributed by atoms with Crippen LogP contribution < -0.4 is 9.64 Å². The van der Waals surface area contributed by atoms with Crippen molar-refractivity contribution in [1.82, 2.24) is 15.0 Å². The smallest absolute Gasteiger partial charge is 0.258 e. The summed E-state index contributed by atoms with van der Waals surface area (Å²) in [5.74, 6) is 1.48. The number of amides is 1. The molecule has 6 heteroatoms. The van der Waals surface area contributed by atoms with Crippen LogP contribution in [0.2, 0.25) is 0 Å². The number of carbonyl (C=O) groups is 1. The number of anilines is 1. The second kappa shape index (κ2) is 4.74. The quantitative estimate of drug-likeness (QED) is 0.715. The highest BCUT2D eigenvalue weighted by molar-refractivity contribution is 6.38. The van der Waals surface area contributed by atoms with Crippen LogP contribution in [0.15, 0.2) is 24.4 Å². The molecule has 1 aliphatic heterocycles. The molecule has 0 spiro atoms. The first-order valence-electron chi connectivity index (χ1n) is 7.31. The minimum absolute atomic E-state index is 0.0511. The monoisotopic (exact) mass is 308 g/mol. The number of likely N-dealkylation sites (N-methyl/N-ethyl adjacent to an activating group) is 1. The number of ether oxygens (including phenoxy) is 1. The topological polar surface area (TPSA) is 74.0 Å². The van der Waals surface area contributed by atoms with Crippen LogP contribution in [0.5, 0.6) is 5.75 Å². The van der Waals surface area contributed by atoms with Gasteiger partial charge in [-0.1, -0.05) is 0 Å². The first-order valence-corrected chi connectivity index (χ1v) is 7.31. The molecule has 0 unspecified atom stereocenters. The Balaban J connectivity index is 2.00. The summed E-state index contributed by atoms with van der Waals surface area (Å²) < 4.78 is 5.31. The van der Waals surface area contributed by atoms with Gasteiger partial charge < -0.3 is 19.6 Å². The van der Waals surface area contributed by atoms with Crippen molar-refractivity contribution in [2.75, 3.05) is 19.1 Å². The number of hydrogen-bond donors (Lipinski definition) is 2. The third-order valence-electron chi connectivity index (χ3n) is 4.16. The molecule has 0 saturated carbocycles. The molecule has 3 heterocycles. The molecule has 1 amide bonds. The summed E-state index contributed by atoms with van der Waals surface area (Å²) in [7, 11) is 3.39. The Morgan fingerprint density at radius 3 is 2.91 bits per heavy atom. The fraction of sp³-hybridized carbons (Fsp3) is 0.176. The number of nitrogens with zero attached hydrogens (tertiary/aromatic N) is 2. The van der Waals surface area contributed by atoms with Gasteiger partial charge in [0.1, 0.15) is 11.6 Å². The van der Waals surface area contributed by atoms with Gasteiger partial charge in [-0.25, -0.2) is 4.98 Å². The second-order valence-electron chi connectivity index (χ2n) is 5.56. The number of aromatic nitrogens is 3. The number of fused-ring (bicyclic) bond motifs is 3. The highest BCUT2D eigenvalue weighted by Gasteiger charge is 2.32. The molecule has 0 saturated heterocycles. The minimum Gasteiger partial charge on any atom is -0.495 e. The van der Waals surface area contributed by atoms with Gasteiger partial charge in [0.25, 0.3) is 5.91 Å². The fourth-order valence-corrected chi connectivity index (χ4v) is 3.07. The third kappa shape index (κ3) is 1.88. The molecular formula is C17H16N4O2. The van der Waals surface area contributed by atoms with E-state index in [0.29, 0.717) is 11.3 Å². The third-order valence-corrected chi connectivity index (χ3v) is 4.16. The largest absolute Gasteiger partial charge is 0.495 e. The molecule has 2 aromatic heterocycles. The number of carbonyl (C=O) groups excluding carboxylic acids is 1. The normalized spacial score (nSPS) is 15.7. The second-order valence-corrected chi connectivity index (χ2v) is 5.56. The number of rotatable bonds is 2. The van der Waals surface area contributed by atoms with Crippen LogP contribution >= 0.6 is 0 Å². The average Bonchev–Trinajstić information content (AvgIpc) is 3.20. The van der Waals surface area contributed by atoms with Gasteiger partial charge in [-0.3, -0.25) is 4.79 Å². The molecular weight excluding hydrogens is 292 g/mol. The lowest BCUT2D eigenvalue weighted by atomic mass is 10.0. The van der Waals surface area contributed by atoms with Crippen molar-refractivity contribution in [1.29, 1.82) is 0 Å². The summed E-state index contributed by atoms with van der Waals surface area (Å²) in [6, 6.07) is 5.73. The van der Waals surface area contributed by atoms with E-state index in [2.05, 4.69) is 15.0 Å². The van der Waals surface area contributed by atoms with E-state index in [-0.39, 0.29) is 5.91 Å². The molecule has 0 bridgehead atoms. The first kappa shape index (κ1) is 13.6. The zero-order valence-electron chi connectivity index (χ0n) is 13.1. The molecule has 0 atom stereocenters. The molecule has 2 N–H and O–H groups in total. The van der Waals surface area contributed by atoms with Crippen LogP contribution in [0.4, 0.5) is 5.69 Å². The van der Waals surface area contributed by atoms with Crippen molar-refractivity contribution in [2.24, 2.45) is 0 Å². The van der Waals surface area contributed by atoms with Crippen molar-refractivity contribution in [3.8, 4) is 5.75 Å². The average molecular weight is 308 g/mol. The molecule has 0 aliphatic carbocycles. The van der Waals surface area contributed by atoms with Crippen LogP contribution in [0, 0.1) is 6.92 Å². The van der Waals surface area contributed by atoms with Gasteiger partial charge in [0, 0.05) is 18.8 Å². The highest BCUT2D eigenvalue weighted by atomic mass is 16.5. The van der Waals surface area contributed by atoms with Crippen molar-refractivity contribution in [2.45, 2.75) is 6.92 Å². The minimum atomic E-state index is -0.0511. The van der Waals surface area contributed by atoms with Crippen molar-refractivity contribution in [3.05, 3.63) is 41.5 Å². The predicted molar refractivity (Wildman–Crippen MR) is 89.5 cm³/mol. The number of hydrogen-bond acceptors (Lipinski definition) is 3. The summed E-state index contributed by atoms with van der Waals surface area (Å²) in [6.07, 6.45) is 3.61. The van der Waals surface area contributed by atoms with E-state index in [1.54, 1.807) is 25.3 Å². The Kier molecular flexibility index (Phi) is 2.81. The molecule has 23 heavy (non-hydrogen) atoms. The van der Waals surface area contributed by atoms with Crippen molar-refractivity contribution >= 4 is 34.3 Å². The fourth-order valence-electron chi connectivity index (χ4n) is 3.07. The molecule has 6 nitrogen and oxygen atoms in total. The van der Waals surface area contributed by atoms with E-state index in [0.717, 1.165) is 33.8 Å². The van der Waals surface area contributed by atoms with Gasteiger partial charge in [-0.15, -0.1) is 0 Å². The van der Waals surface area contributed by atoms with Gasteiger partial charge >= 0.3 is 0 Å². The standard InChI is InChI=1S/C17H16N4O2/c1-9-19-11-4-5-13-15(16(11)20-9)10(17(22)21(13)2)8-12-14(23-3)6-7-18-12/h4-8,18H,1-3H3,(H,19,20)/b10-8-. The van der Waals surface area contributed by atoms with Gasteiger partial charge in [0.15, 0.2) is 0 Å². The van der Waals surface area contributed by atoms with Crippen LogP contribution in [0.25, 0.3) is 22.7 Å². The van der Waals surface area contributed by atoms with Crippen LogP contribution in [0.1, 0.15) is 17.1 Å². The number of nitrogens with one attached hydrogen (secondary N) is 2. The predicted octanol–water partition coefficient (Wildman–Crippen LogP) is 2.73. The number of aryl methyl sites for hydroxylation is 1. The van der Waals surface area contributed by atoms with Crippen LogP contribution in [0.3, 0.4) is 0 Å². The maximum atomic E-state index is 12.7.